The van der Waals surface area contributed by atoms with E-state index in [1.165, 1.54) is 5.56 Å². The smallest absolute Gasteiger partial charge is 0.161 e. The fraction of sp³-hybridized carbons (Fsp3) is 0.536. The number of ether oxygens (including phenoxy) is 2. The third-order valence-corrected chi connectivity index (χ3v) is 8.77. The van der Waals surface area contributed by atoms with Crippen LogP contribution in [0.1, 0.15) is 49.3 Å². The highest BCUT2D eigenvalue weighted by Gasteiger charge is 2.69. The Kier molecular flexibility index (Phi) is 5.74. The van der Waals surface area contributed by atoms with E-state index >= 15 is 0 Å². The number of rotatable bonds is 6. The van der Waals surface area contributed by atoms with Gasteiger partial charge < -0.3 is 19.5 Å². The molecule has 176 valence electrons. The SMILES string of the molecule is COc1ccc2c(c1O)[C@]13CCN(C)[C@@H](C2)[C@]1(OCCCc1ccccc1)CCC(=O)[C@H]3C. The molecule has 1 aliphatic heterocycles. The Morgan fingerprint density at radius 3 is 2.70 bits per heavy atom. The van der Waals surface area contributed by atoms with Crippen molar-refractivity contribution in [2.45, 2.75) is 62.5 Å². The van der Waals surface area contributed by atoms with Gasteiger partial charge in [0.2, 0.25) is 0 Å². The lowest BCUT2D eigenvalue weighted by atomic mass is 9.45. The maximum Gasteiger partial charge on any atom is 0.161 e. The van der Waals surface area contributed by atoms with Gasteiger partial charge in [0.05, 0.1) is 12.7 Å². The fourth-order valence-electron chi connectivity index (χ4n) is 7.15. The predicted molar refractivity (Wildman–Crippen MR) is 128 cm³/mol. The van der Waals surface area contributed by atoms with Gasteiger partial charge in [0.15, 0.2) is 11.5 Å². The Hall–Kier alpha value is -2.37. The molecular formula is C28H35NO4. The van der Waals surface area contributed by atoms with Crippen molar-refractivity contribution in [2.24, 2.45) is 5.92 Å². The number of hydrogen-bond donors (Lipinski definition) is 1. The van der Waals surface area contributed by atoms with Crippen LogP contribution in [0.25, 0.3) is 0 Å². The number of Topliss-reactive ketones (excluding diaryl/α,β-unsaturated/α-hetero) is 1. The molecule has 3 aliphatic rings. The third-order valence-electron chi connectivity index (χ3n) is 8.77. The summed E-state index contributed by atoms with van der Waals surface area (Å²) in [6, 6.07) is 14.6. The minimum absolute atomic E-state index is 0.179. The molecule has 2 aromatic rings. The van der Waals surface area contributed by atoms with Gasteiger partial charge in [-0.05, 0) is 62.9 Å². The third kappa shape index (κ3) is 3.23. The molecule has 0 spiro atoms. The van der Waals surface area contributed by atoms with E-state index in [4.69, 9.17) is 9.47 Å². The molecule has 2 aromatic carbocycles. The van der Waals surface area contributed by atoms with Crippen LogP contribution in [-0.4, -0.2) is 54.7 Å². The molecule has 2 aliphatic carbocycles. The molecule has 0 amide bonds. The molecule has 5 nitrogen and oxygen atoms in total. The van der Waals surface area contributed by atoms with Crippen molar-refractivity contribution in [3.8, 4) is 11.5 Å². The van der Waals surface area contributed by atoms with E-state index < -0.39 is 11.0 Å². The Labute approximate surface area is 196 Å². The van der Waals surface area contributed by atoms with Gasteiger partial charge in [0.25, 0.3) is 0 Å². The van der Waals surface area contributed by atoms with E-state index in [1.807, 2.05) is 12.1 Å². The molecule has 5 rings (SSSR count). The molecular weight excluding hydrogens is 414 g/mol. The largest absolute Gasteiger partial charge is 0.504 e. The molecule has 33 heavy (non-hydrogen) atoms. The van der Waals surface area contributed by atoms with Crippen molar-refractivity contribution in [1.82, 2.24) is 4.90 Å². The van der Waals surface area contributed by atoms with Gasteiger partial charge in [0, 0.05) is 36.0 Å². The van der Waals surface area contributed by atoms with E-state index in [0.29, 0.717) is 25.2 Å². The first kappa shape index (κ1) is 22.4. The summed E-state index contributed by atoms with van der Waals surface area (Å²) < 4.78 is 12.5. The van der Waals surface area contributed by atoms with Crippen molar-refractivity contribution in [3.05, 3.63) is 59.2 Å². The van der Waals surface area contributed by atoms with Crippen LogP contribution in [0, 0.1) is 5.92 Å². The lowest BCUT2D eigenvalue weighted by Gasteiger charge is -2.66. The van der Waals surface area contributed by atoms with Crippen molar-refractivity contribution in [2.75, 3.05) is 27.3 Å². The van der Waals surface area contributed by atoms with Crippen molar-refractivity contribution in [3.63, 3.8) is 0 Å². The highest BCUT2D eigenvalue weighted by Crippen LogP contribution is 2.63. The highest BCUT2D eigenvalue weighted by atomic mass is 16.5. The van der Waals surface area contributed by atoms with Crippen molar-refractivity contribution >= 4 is 5.78 Å². The molecule has 2 bridgehead atoms. The Bertz CT molecular complexity index is 1040. The fourth-order valence-corrected chi connectivity index (χ4v) is 7.15. The second kappa shape index (κ2) is 8.44. The maximum atomic E-state index is 13.2. The van der Waals surface area contributed by atoms with Gasteiger partial charge in [-0.15, -0.1) is 0 Å². The summed E-state index contributed by atoms with van der Waals surface area (Å²) in [5.74, 6) is 0.728. The van der Waals surface area contributed by atoms with Gasteiger partial charge in [-0.3, -0.25) is 4.79 Å². The Balaban J connectivity index is 1.57. The van der Waals surface area contributed by atoms with Gasteiger partial charge >= 0.3 is 0 Å². The number of phenols is 1. The first-order chi connectivity index (χ1) is 15.9. The quantitative estimate of drug-likeness (QED) is 0.667. The molecule has 4 atom stereocenters. The maximum absolute atomic E-state index is 13.2. The van der Waals surface area contributed by atoms with Gasteiger partial charge in [-0.1, -0.05) is 43.3 Å². The van der Waals surface area contributed by atoms with Crippen LogP contribution < -0.4 is 4.74 Å². The van der Waals surface area contributed by atoms with E-state index in [2.05, 4.69) is 49.2 Å². The minimum atomic E-state index is -0.543. The molecule has 1 saturated heterocycles. The number of carbonyl (C=O) groups excluding carboxylic acids is 1. The van der Waals surface area contributed by atoms with Crippen LogP contribution in [0.4, 0.5) is 0 Å². The van der Waals surface area contributed by atoms with Crippen LogP contribution in [-0.2, 0) is 27.8 Å². The summed E-state index contributed by atoms with van der Waals surface area (Å²) in [4.78, 5) is 15.6. The van der Waals surface area contributed by atoms with E-state index in [-0.39, 0.29) is 23.5 Å². The molecule has 0 unspecified atom stereocenters. The summed E-state index contributed by atoms with van der Waals surface area (Å²) in [7, 11) is 3.77. The molecule has 5 heteroatoms. The monoisotopic (exact) mass is 449 g/mol. The molecule has 1 N–H and O–H groups in total. The van der Waals surface area contributed by atoms with E-state index in [9.17, 15) is 9.90 Å². The number of piperidine rings is 1. The summed E-state index contributed by atoms with van der Waals surface area (Å²) in [5, 5.41) is 11.4. The zero-order valence-electron chi connectivity index (χ0n) is 20.0. The molecule has 0 aromatic heterocycles. The number of benzene rings is 2. The predicted octanol–water partition coefficient (Wildman–Crippen LogP) is 4.29. The van der Waals surface area contributed by atoms with E-state index in [1.54, 1.807) is 7.11 Å². The van der Waals surface area contributed by atoms with Crippen LogP contribution >= 0.6 is 0 Å². The number of fused-ring (bicyclic) bond motifs is 1. The first-order valence-electron chi connectivity index (χ1n) is 12.2. The average Bonchev–Trinajstić information content (AvgIpc) is 2.83. The lowest BCUT2D eigenvalue weighted by molar-refractivity contribution is -0.209. The topological polar surface area (TPSA) is 59.0 Å². The second-order valence-corrected chi connectivity index (χ2v) is 10.1. The number of carbonyl (C=O) groups is 1. The summed E-state index contributed by atoms with van der Waals surface area (Å²) in [5.41, 5.74) is 2.29. The van der Waals surface area contributed by atoms with E-state index in [0.717, 1.165) is 43.4 Å². The number of hydrogen-bond acceptors (Lipinski definition) is 5. The Morgan fingerprint density at radius 1 is 1.15 bits per heavy atom. The number of likely N-dealkylation sites (tertiary alicyclic amines) is 1. The summed E-state index contributed by atoms with van der Waals surface area (Å²) >= 11 is 0. The van der Waals surface area contributed by atoms with Crippen LogP contribution in [0.3, 0.4) is 0 Å². The highest BCUT2D eigenvalue weighted by molar-refractivity contribution is 5.85. The van der Waals surface area contributed by atoms with Gasteiger partial charge in [-0.2, -0.15) is 0 Å². The van der Waals surface area contributed by atoms with Crippen LogP contribution in [0.15, 0.2) is 42.5 Å². The number of aryl methyl sites for hydroxylation is 1. The molecule has 1 heterocycles. The van der Waals surface area contributed by atoms with Crippen LogP contribution in [0.5, 0.6) is 11.5 Å². The second-order valence-electron chi connectivity index (χ2n) is 10.1. The molecule has 1 saturated carbocycles. The average molecular weight is 450 g/mol. The number of nitrogens with zero attached hydrogens (tertiary/aromatic N) is 1. The summed E-state index contributed by atoms with van der Waals surface area (Å²) in [6.07, 6.45) is 4.73. The summed E-state index contributed by atoms with van der Waals surface area (Å²) in [6.45, 7) is 3.58. The standard InChI is InChI=1S/C28H35NO4/c1-19-22(30)13-14-28(33-17-7-10-20-8-5-4-6-9-20)24-18-21-11-12-23(32-3)26(31)25(21)27(19,28)15-16-29(24)2/h4-6,8-9,11-12,19,24,31H,7,10,13-18H2,1-3H3/t19-,24+,27-,28-/m1/s1. The number of ketones is 1. The normalized spacial score (nSPS) is 31.1. The number of likely N-dealkylation sites (N-methyl/N-ethyl adjacent to an activating group) is 1. The molecule has 0 radical (unpaired) electrons. The lowest BCUT2D eigenvalue weighted by Crippen LogP contribution is -2.76. The number of methoxy groups -OCH3 is 1. The van der Waals surface area contributed by atoms with Crippen LogP contribution in [0.2, 0.25) is 0 Å². The zero-order valence-corrected chi connectivity index (χ0v) is 20.0. The van der Waals surface area contributed by atoms with Crippen molar-refractivity contribution in [1.29, 1.82) is 0 Å². The zero-order chi connectivity index (χ0) is 23.2. The first-order valence-corrected chi connectivity index (χ1v) is 12.2. The number of aromatic hydroxyl groups is 1. The number of phenolic OH excluding ortho intramolecular Hbond substituents is 1. The van der Waals surface area contributed by atoms with Gasteiger partial charge in [-0.25, -0.2) is 0 Å². The van der Waals surface area contributed by atoms with Gasteiger partial charge in [0.1, 0.15) is 5.78 Å². The minimum Gasteiger partial charge on any atom is -0.504 e. The van der Waals surface area contributed by atoms with Crippen molar-refractivity contribution < 1.29 is 19.4 Å². The Morgan fingerprint density at radius 2 is 1.94 bits per heavy atom. The molecule has 2 fully saturated rings.